The second kappa shape index (κ2) is 5.53. The summed E-state index contributed by atoms with van der Waals surface area (Å²) in [5.74, 6) is 1.45. The van der Waals surface area contributed by atoms with E-state index in [4.69, 9.17) is 4.74 Å². The third-order valence-corrected chi connectivity index (χ3v) is 3.70. The maximum absolute atomic E-state index is 5.44. The maximum atomic E-state index is 5.44. The van der Waals surface area contributed by atoms with Gasteiger partial charge in [0.1, 0.15) is 12.2 Å². The first-order valence-corrected chi connectivity index (χ1v) is 6.90. The number of hydrogen-bond donors (Lipinski definition) is 0. The van der Waals surface area contributed by atoms with Crippen LogP contribution in [0.15, 0.2) is 30.6 Å². The third-order valence-electron chi connectivity index (χ3n) is 3.70. The molecule has 3 rings (SSSR count). The Morgan fingerprint density at radius 1 is 1.26 bits per heavy atom. The van der Waals surface area contributed by atoms with Crippen LogP contribution in [0.25, 0.3) is 0 Å². The fourth-order valence-electron chi connectivity index (χ4n) is 2.50. The van der Waals surface area contributed by atoms with E-state index in [2.05, 4.69) is 41.3 Å². The van der Waals surface area contributed by atoms with Gasteiger partial charge in [0.25, 0.3) is 0 Å². The van der Waals surface area contributed by atoms with Gasteiger partial charge in [0, 0.05) is 12.5 Å². The SMILES string of the molecule is CCc1ccc(Cn2ncnc2C2CCOC2)cc1. The van der Waals surface area contributed by atoms with Crippen molar-refractivity contribution < 1.29 is 4.74 Å². The van der Waals surface area contributed by atoms with Crippen LogP contribution in [0, 0.1) is 0 Å². The number of nitrogens with zero attached hydrogens (tertiary/aromatic N) is 3. The summed E-state index contributed by atoms with van der Waals surface area (Å²) < 4.78 is 7.44. The fraction of sp³-hybridized carbons (Fsp3) is 0.467. The minimum absolute atomic E-state index is 0.400. The highest BCUT2D eigenvalue weighted by Gasteiger charge is 2.22. The van der Waals surface area contributed by atoms with Crippen LogP contribution in [0.1, 0.15) is 36.2 Å². The molecule has 0 amide bonds. The lowest BCUT2D eigenvalue weighted by atomic mass is 10.1. The molecule has 4 nitrogen and oxygen atoms in total. The summed E-state index contributed by atoms with van der Waals surface area (Å²) >= 11 is 0. The highest BCUT2D eigenvalue weighted by atomic mass is 16.5. The Labute approximate surface area is 113 Å². The number of benzene rings is 1. The largest absolute Gasteiger partial charge is 0.381 e. The van der Waals surface area contributed by atoms with E-state index < -0.39 is 0 Å². The van der Waals surface area contributed by atoms with Crippen LogP contribution < -0.4 is 0 Å². The Hall–Kier alpha value is -1.68. The van der Waals surface area contributed by atoms with Crippen molar-refractivity contribution in [3.05, 3.63) is 47.5 Å². The molecular formula is C15H19N3O. The molecule has 1 saturated heterocycles. The Morgan fingerprint density at radius 2 is 2.05 bits per heavy atom. The van der Waals surface area contributed by atoms with Gasteiger partial charge in [-0.2, -0.15) is 5.10 Å². The normalized spacial score (nSPS) is 18.9. The second-order valence-electron chi connectivity index (χ2n) is 5.01. The molecule has 4 heteroatoms. The summed E-state index contributed by atoms with van der Waals surface area (Å²) in [5.41, 5.74) is 2.63. The molecule has 0 radical (unpaired) electrons. The van der Waals surface area contributed by atoms with Crippen LogP contribution in [0.3, 0.4) is 0 Å². The summed E-state index contributed by atoms with van der Waals surface area (Å²) in [5, 5.41) is 4.35. The first-order valence-electron chi connectivity index (χ1n) is 6.90. The summed E-state index contributed by atoms with van der Waals surface area (Å²) in [6, 6.07) is 8.72. The molecule has 0 bridgehead atoms. The van der Waals surface area contributed by atoms with E-state index in [0.717, 1.165) is 38.4 Å². The number of hydrogen-bond acceptors (Lipinski definition) is 3. The number of rotatable bonds is 4. The van der Waals surface area contributed by atoms with Gasteiger partial charge in [0.05, 0.1) is 13.2 Å². The molecule has 0 N–H and O–H groups in total. The van der Waals surface area contributed by atoms with Crippen LogP contribution in [0.4, 0.5) is 0 Å². The van der Waals surface area contributed by atoms with Crippen molar-refractivity contribution in [2.45, 2.75) is 32.2 Å². The van der Waals surface area contributed by atoms with Gasteiger partial charge in [-0.25, -0.2) is 9.67 Å². The van der Waals surface area contributed by atoms with Crippen molar-refractivity contribution in [3.63, 3.8) is 0 Å². The lowest BCUT2D eigenvalue weighted by molar-refractivity contribution is 0.192. The van der Waals surface area contributed by atoms with E-state index in [1.807, 2.05) is 4.68 Å². The van der Waals surface area contributed by atoms with E-state index in [-0.39, 0.29) is 0 Å². The summed E-state index contributed by atoms with van der Waals surface area (Å²) in [6.45, 7) is 4.57. The highest BCUT2D eigenvalue weighted by Crippen LogP contribution is 2.23. The summed E-state index contributed by atoms with van der Waals surface area (Å²) in [6.07, 6.45) is 3.77. The maximum Gasteiger partial charge on any atom is 0.138 e. The molecule has 1 aliphatic heterocycles. The quantitative estimate of drug-likeness (QED) is 0.844. The molecule has 1 aromatic carbocycles. The van der Waals surface area contributed by atoms with Crippen LogP contribution in [-0.2, 0) is 17.7 Å². The lowest BCUT2D eigenvalue weighted by Crippen LogP contribution is -2.11. The summed E-state index contributed by atoms with van der Waals surface area (Å²) in [7, 11) is 0. The van der Waals surface area contributed by atoms with E-state index in [1.54, 1.807) is 6.33 Å². The van der Waals surface area contributed by atoms with Gasteiger partial charge >= 0.3 is 0 Å². The Balaban J connectivity index is 1.77. The van der Waals surface area contributed by atoms with E-state index in [0.29, 0.717) is 5.92 Å². The van der Waals surface area contributed by atoms with E-state index in [9.17, 15) is 0 Å². The van der Waals surface area contributed by atoms with Gasteiger partial charge in [-0.3, -0.25) is 0 Å². The van der Waals surface area contributed by atoms with Crippen molar-refractivity contribution in [2.75, 3.05) is 13.2 Å². The molecular weight excluding hydrogens is 238 g/mol. The van der Waals surface area contributed by atoms with Crippen LogP contribution in [0.5, 0.6) is 0 Å². The Bertz CT molecular complexity index is 527. The zero-order valence-corrected chi connectivity index (χ0v) is 11.2. The third kappa shape index (κ3) is 2.68. The van der Waals surface area contributed by atoms with Crippen molar-refractivity contribution in [2.24, 2.45) is 0 Å². The Kier molecular flexibility index (Phi) is 3.60. The number of ether oxygens (including phenoxy) is 1. The first kappa shape index (κ1) is 12.4. The van der Waals surface area contributed by atoms with E-state index >= 15 is 0 Å². The van der Waals surface area contributed by atoms with Gasteiger partial charge in [-0.15, -0.1) is 0 Å². The van der Waals surface area contributed by atoms with Gasteiger partial charge in [-0.05, 0) is 24.0 Å². The minimum Gasteiger partial charge on any atom is -0.381 e. The molecule has 19 heavy (non-hydrogen) atoms. The average molecular weight is 257 g/mol. The van der Waals surface area contributed by atoms with Crippen LogP contribution in [0.2, 0.25) is 0 Å². The highest BCUT2D eigenvalue weighted by molar-refractivity contribution is 5.22. The number of aromatic nitrogens is 3. The molecule has 1 aliphatic rings. The molecule has 0 saturated carbocycles. The van der Waals surface area contributed by atoms with Crippen molar-refractivity contribution in [1.29, 1.82) is 0 Å². The molecule has 1 atom stereocenters. The van der Waals surface area contributed by atoms with Gasteiger partial charge in [0.15, 0.2) is 0 Å². The molecule has 2 aromatic rings. The molecule has 1 aromatic heterocycles. The lowest BCUT2D eigenvalue weighted by Gasteiger charge is -2.10. The molecule has 0 aliphatic carbocycles. The minimum atomic E-state index is 0.400. The van der Waals surface area contributed by atoms with Gasteiger partial charge in [-0.1, -0.05) is 31.2 Å². The second-order valence-corrected chi connectivity index (χ2v) is 5.01. The monoisotopic (exact) mass is 257 g/mol. The zero-order chi connectivity index (χ0) is 13.1. The summed E-state index contributed by atoms with van der Waals surface area (Å²) in [4.78, 5) is 4.40. The Morgan fingerprint density at radius 3 is 2.74 bits per heavy atom. The molecule has 2 heterocycles. The molecule has 100 valence electrons. The van der Waals surface area contributed by atoms with Crippen LogP contribution >= 0.6 is 0 Å². The smallest absolute Gasteiger partial charge is 0.138 e. The van der Waals surface area contributed by atoms with Crippen molar-refractivity contribution in [3.8, 4) is 0 Å². The molecule has 0 spiro atoms. The first-order chi connectivity index (χ1) is 9.36. The fourth-order valence-corrected chi connectivity index (χ4v) is 2.50. The van der Waals surface area contributed by atoms with Gasteiger partial charge in [0.2, 0.25) is 0 Å². The predicted octanol–water partition coefficient (Wildman–Crippen LogP) is 2.39. The van der Waals surface area contributed by atoms with E-state index in [1.165, 1.54) is 11.1 Å². The number of aryl methyl sites for hydroxylation is 1. The standard InChI is InChI=1S/C15H19N3O/c1-2-12-3-5-13(6-4-12)9-18-15(16-11-17-18)14-7-8-19-10-14/h3-6,11,14H,2,7-10H2,1H3. The van der Waals surface area contributed by atoms with Crippen LogP contribution in [-0.4, -0.2) is 28.0 Å². The predicted molar refractivity (Wildman–Crippen MR) is 73.1 cm³/mol. The molecule has 1 unspecified atom stereocenters. The topological polar surface area (TPSA) is 39.9 Å². The van der Waals surface area contributed by atoms with Gasteiger partial charge < -0.3 is 4.74 Å². The zero-order valence-electron chi connectivity index (χ0n) is 11.2. The average Bonchev–Trinajstić information content (AvgIpc) is 3.10. The van der Waals surface area contributed by atoms with Crippen molar-refractivity contribution in [1.82, 2.24) is 14.8 Å². The van der Waals surface area contributed by atoms with Crippen molar-refractivity contribution >= 4 is 0 Å². The molecule has 1 fully saturated rings.